The largest absolute Gasteiger partial charge is 0.366 e. The molecule has 3 rings (SSSR count). The average molecular weight is 400 g/mol. The van der Waals surface area contributed by atoms with Gasteiger partial charge in [0.05, 0.1) is 0 Å². The number of hydrogen-bond donors (Lipinski definition) is 1. The maximum absolute atomic E-state index is 6.44. The van der Waals surface area contributed by atoms with E-state index in [1.165, 1.54) is 43.2 Å². The minimum atomic E-state index is -0.401. The Labute approximate surface area is 176 Å². The van der Waals surface area contributed by atoms with Gasteiger partial charge in [-0.2, -0.15) is 0 Å². The van der Waals surface area contributed by atoms with E-state index in [0.717, 1.165) is 19.5 Å². The van der Waals surface area contributed by atoms with E-state index in [1.54, 1.807) is 5.57 Å². The number of benzene rings is 2. The van der Waals surface area contributed by atoms with Gasteiger partial charge in [-0.05, 0) is 56.7 Å². The Hall–Kier alpha value is -1.61. The van der Waals surface area contributed by atoms with Crippen LogP contribution in [0.15, 0.2) is 72.3 Å². The molecule has 152 valence electrons. The summed E-state index contributed by atoms with van der Waals surface area (Å²) >= 11 is 0. The molecular formula is C25H34ClNO. The molecular weight excluding hydrogens is 366 g/mol. The molecule has 3 heteroatoms. The fourth-order valence-electron chi connectivity index (χ4n) is 4.15. The summed E-state index contributed by atoms with van der Waals surface area (Å²) in [6.07, 6.45) is 10.0. The average Bonchev–Trinajstić information content (AvgIpc) is 2.75. The molecule has 0 atom stereocenters. The van der Waals surface area contributed by atoms with Gasteiger partial charge in [-0.1, -0.05) is 78.7 Å². The topological polar surface area (TPSA) is 21.3 Å². The maximum Gasteiger partial charge on any atom is 0.119 e. The summed E-state index contributed by atoms with van der Waals surface area (Å²) in [6, 6.07) is 21.3. The highest BCUT2D eigenvalue weighted by atomic mass is 35.5. The number of allylic oxidation sites excluding steroid dienone is 1. The Balaban J connectivity index is 0.00000280. The summed E-state index contributed by atoms with van der Waals surface area (Å²) in [6.45, 7) is 4.66. The Morgan fingerprint density at radius 2 is 1.46 bits per heavy atom. The van der Waals surface area contributed by atoms with Gasteiger partial charge in [-0.3, -0.25) is 0 Å². The number of nitrogens with one attached hydrogen (secondary N) is 1. The molecule has 0 amide bonds. The van der Waals surface area contributed by atoms with Crippen molar-refractivity contribution in [2.75, 3.05) is 19.7 Å². The van der Waals surface area contributed by atoms with Crippen LogP contribution in [0, 0.1) is 0 Å². The van der Waals surface area contributed by atoms with Crippen molar-refractivity contribution in [2.24, 2.45) is 0 Å². The van der Waals surface area contributed by atoms with E-state index < -0.39 is 5.60 Å². The normalized spacial score (nSPS) is 14.4. The third kappa shape index (κ3) is 5.94. The van der Waals surface area contributed by atoms with E-state index in [1.807, 2.05) is 0 Å². The second kappa shape index (κ2) is 12.1. The second-order valence-electron chi connectivity index (χ2n) is 7.37. The zero-order valence-corrected chi connectivity index (χ0v) is 17.8. The molecule has 1 saturated carbocycles. The molecule has 0 heterocycles. The van der Waals surface area contributed by atoms with Crippen molar-refractivity contribution >= 4 is 12.4 Å². The van der Waals surface area contributed by atoms with E-state index in [0.29, 0.717) is 6.61 Å². The van der Waals surface area contributed by atoms with Crippen LogP contribution in [-0.4, -0.2) is 19.7 Å². The van der Waals surface area contributed by atoms with Crippen LogP contribution >= 0.6 is 12.4 Å². The molecule has 1 aliphatic carbocycles. The van der Waals surface area contributed by atoms with Gasteiger partial charge in [0, 0.05) is 13.2 Å². The highest BCUT2D eigenvalue weighted by Gasteiger charge is 2.34. The van der Waals surface area contributed by atoms with Crippen LogP contribution in [0.2, 0.25) is 0 Å². The second-order valence-corrected chi connectivity index (χ2v) is 7.37. The van der Waals surface area contributed by atoms with Crippen LogP contribution < -0.4 is 5.32 Å². The molecule has 2 aromatic rings. The first-order chi connectivity index (χ1) is 13.3. The van der Waals surface area contributed by atoms with Crippen molar-refractivity contribution < 1.29 is 4.74 Å². The fourth-order valence-corrected chi connectivity index (χ4v) is 4.15. The summed E-state index contributed by atoms with van der Waals surface area (Å²) in [5, 5.41) is 3.63. The molecule has 0 spiro atoms. The lowest BCUT2D eigenvalue weighted by atomic mass is 9.83. The van der Waals surface area contributed by atoms with Gasteiger partial charge in [0.2, 0.25) is 0 Å². The van der Waals surface area contributed by atoms with Gasteiger partial charge < -0.3 is 10.1 Å². The van der Waals surface area contributed by atoms with Gasteiger partial charge in [0.15, 0.2) is 0 Å². The molecule has 28 heavy (non-hydrogen) atoms. The fraction of sp³-hybridized carbons (Fsp3) is 0.440. The SMILES string of the molecule is CCOC(CCNCC=C1CCCCC1)(c1ccccc1)c1ccccc1.Cl. The molecule has 2 aromatic carbocycles. The molecule has 0 aromatic heterocycles. The molecule has 0 unspecified atom stereocenters. The highest BCUT2D eigenvalue weighted by Crippen LogP contribution is 2.36. The molecule has 2 nitrogen and oxygen atoms in total. The van der Waals surface area contributed by atoms with Gasteiger partial charge in [0.1, 0.15) is 5.60 Å². The number of hydrogen-bond acceptors (Lipinski definition) is 2. The van der Waals surface area contributed by atoms with Crippen molar-refractivity contribution in [2.45, 2.75) is 51.0 Å². The van der Waals surface area contributed by atoms with Crippen molar-refractivity contribution in [3.63, 3.8) is 0 Å². The first kappa shape index (κ1) is 22.7. The highest BCUT2D eigenvalue weighted by molar-refractivity contribution is 5.85. The van der Waals surface area contributed by atoms with E-state index in [-0.39, 0.29) is 12.4 Å². The Kier molecular flexibility index (Phi) is 9.77. The molecule has 0 radical (unpaired) electrons. The Morgan fingerprint density at radius 1 is 0.893 bits per heavy atom. The zero-order valence-electron chi connectivity index (χ0n) is 17.0. The number of rotatable bonds is 9. The lowest BCUT2D eigenvalue weighted by Crippen LogP contribution is -2.35. The molecule has 1 N–H and O–H groups in total. The molecule has 0 bridgehead atoms. The van der Waals surface area contributed by atoms with Gasteiger partial charge in [0.25, 0.3) is 0 Å². The monoisotopic (exact) mass is 399 g/mol. The smallest absolute Gasteiger partial charge is 0.119 e. The van der Waals surface area contributed by atoms with Crippen molar-refractivity contribution in [1.29, 1.82) is 0 Å². The summed E-state index contributed by atoms with van der Waals surface area (Å²) < 4.78 is 6.44. The van der Waals surface area contributed by atoms with Gasteiger partial charge >= 0.3 is 0 Å². The minimum Gasteiger partial charge on any atom is -0.366 e. The standard InChI is InChI=1S/C25H33NO.ClH/c1-2-27-25(23-14-8-4-9-15-23,24-16-10-5-11-17-24)19-21-26-20-18-22-12-6-3-7-13-22;/h4-5,8-11,14-18,26H,2-3,6-7,12-13,19-21H2,1H3;1H. The lowest BCUT2D eigenvalue weighted by molar-refractivity contribution is -0.0171. The predicted molar refractivity (Wildman–Crippen MR) is 121 cm³/mol. The van der Waals surface area contributed by atoms with Crippen LogP contribution in [0.5, 0.6) is 0 Å². The summed E-state index contributed by atoms with van der Waals surface area (Å²) in [4.78, 5) is 0. The summed E-state index contributed by atoms with van der Waals surface area (Å²) in [5.41, 5.74) is 3.69. The molecule has 0 saturated heterocycles. The van der Waals surface area contributed by atoms with Gasteiger partial charge in [-0.25, -0.2) is 0 Å². The first-order valence-corrected chi connectivity index (χ1v) is 10.5. The summed E-state index contributed by atoms with van der Waals surface area (Å²) in [7, 11) is 0. The minimum absolute atomic E-state index is 0. The number of ether oxygens (including phenoxy) is 1. The van der Waals surface area contributed by atoms with Crippen LogP contribution in [0.25, 0.3) is 0 Å². The van der Waals surface area contributed by atoms with Crippen LogP contribution in [0.4, 0.5) is 0 Å². The maximum atomic E-state index is 6.44. The predicted octanol–water partition coefficient (Wildman–Crippen LogP) is 6.26. The quantitative estimate of drug-likeness (QED) is 0.397. The van der Waals surface area contributed by atoms with E-state index in [9.17, 15) is 0 Å². The van der Waals surface area contributed by atoms with Gasteiger partial charge in [-0.15, -0.1) is 12.4 Å². The van der Waals surface area contributed by atoms with Crippen molar-refractivity contribution in [3.8, 4) is 0 Å². The van der Waals surface area contributed by atoms with Crippen LogP contribution in [0.1, 0.15) is 56.6 Å². The molecule has 1 aliphatic rings. The lowest BCUT2D eigenvalue weighted by Gasteiger charge is -2.35. The molecule has 1 fully saturated rings. The van der Waals surface area contributed by atoms with Crippen molar-refractivity contribution in [1.82, 2.24) is 5.32 Å². The first-order valence-electron chi connectivity index (χ1n) is 10.5. The van der Waals surface area contributed by atoms with E-state index in [2.05, 4.69) is 79.0 Å². The third-order valence-electron chi connectivity index (χ3n) is 5.56. The Bertz CT molecular complexity index is 652. The third-order valence-corrected chi connectivity index (χ3v) is 5.56. The number of halogens is 1. The van der Waals surface area contributed by atoms with Crippen molar-refractivity contribution in [3.05, 3.63) is 83.4 Å². The van der Waals surface area contributed by atoms with Crippen LogP contribution in [-0.2, 0) is 10.3 Å². The van der Waals surface area contributed by atoms with E-state index >= 15 is 0 Å². The van der Waals surface area contributed by atoms with Crippen LogP contribution in [0.3, 0.4) is 0 Å². The Morgan fingerprint density at radius 3 is 2.00 bits per heavy atom. The molecule has 0 aliphatic heterocycles. The summed E-state index contributed by atoms with van der Waals surface area (Å²) in [5.74, 6) is 0. The zero-order chi connectivity index (χ0) is 18.8. The van der Waals surface area contributed by atoms with E-state index in [4.69, 9.17) is 4.74 Å².